The Kier molecular flexibility index (Phi) is 3.56. The van der Waals surface area contributed by atoms with Gasteiger partial charge < -0.3 is 9.47 Å². The highest BCUT2D eigenvalue weighted by molar-refractivity contribution is 5.98. The van der Waals surface area contributed by atoms with Gasteiger partial charge in [-0.2, -0.15) is 0 Å². The van der Waals surface area contributed by atoms with Crippen molar-refractivity contribution in [2.45, 2.75) is 26.2 Å². The lowest BCUT2D eigenvalue weighted by Crippen LogP contribution is -2.31. The Labute approximate surface area is 113 Å². The number of Topliss-reactive ketones (excluding diaryl/α,β-unsaturated/α-hetero) is 1. The fourth-order valence-electron chi connectivity index (χ4n) is 3.00. The van der Waals surface area contributed by atoms with Gasteiger partial charge >= 0.3 is 0 Å². The van der Waals surface area contributed by atoms with E-state index in [9.17, 15) is 4.79 Å². The van der Waals surface area contributed by atoms with Crippen LogP contribution >= 0.6 is 0 Å². The highest BCUT2D eigenvalue weighted by atomic mass is 16.5. The van der Waals surface area contributed by atoms with E-state index in [2.05, 4.69) is 6.92 Å². The molecule has 3 rings (SSSR count). The van der Waals surface area contributed by atoms with Crippen LogP contribution in [0.5, 0.6) is 5.75 Å². The number of hydrogen-bond acceptors (Lipinski definition) is 3. The average molecular weight is 260 g/mol. The van der Waals surface area contributed by atoms with Crippen molar-refractivity contribution in [1.82, 2.24) is 0 Å². The maximum absolute atomic E-state index is 12.6. The van der Waals surface area contributed by atoms with E-state index in [1.165, 1.54) is 5.56 Å². The van der Waals surface area contributed by atoms with Crippen molar-refractivity contribution in [3.63, 3.8) is 0 Å². The minimum atomic E-state index is 0.108. The first kappa shape index (κ1) is 12.7. The first-order valence-electron chi connectivity index (χ1n) is 7.13. The summed E-state index contributed by atoms with van der Waals surface area (Å²) < 4.78 is 11.0. The minimum Gasteiger partial charge on any atom is -0.493 e. The van der Waals surface area contributed by atoms with Gasteiger partial charge in [-0.05, 0) is 48.9 Å². The van der Waals surface area contributed by atoms with Crippen LogP contribution in [0.15, 0.2) is 18.2 Å². The number of ketones is 1. The molecular weight excluding hydrogens is 240 g/mol. The average Bonchev–Trinajstić information content (AvgIpc) is 2.46. The molecule has 0 amide bonds. The molecule has 3 heteroatoms. The third-order valence-electron chi connectivity index (χ3n) is 4.17. The molecule has 2 heterocycles. The normalized spacial score (nSPS) is 26.4. The number of rotatable bonds is 2. The molecule has 1 aromatic rings. The van der Waals surface area contributed by atoms with Crippen LogP contribution in [0, 0.1) is 11.8 Å². The molecule has 0 saturated carbocycles. The largest absolute Gasteiger partial charge is 0.493 e. The van der Waals surface area contributed by atoms with E-state index >= 15 is 0 Å². The van der Waals surface area contributed by atoms with Gasteiger partial charge in [-0.25, -0.2) is 0 Å². The fourth-order valence-corrected chi connectivity index (χ4v) is 3.00. The second-order valence-electron chi connectivity index (χ2n) is 5.59. The Morgan fingerprint density at radius 3 is 3.05 bits per heavy atom. The summed E-state index contributed by atoms with van der Waals surface area (Å²) >= 11 is 0. The summed E-state index contributed by atoms with van der Waals surface area (Å²) in [6.45, 7) is 4.29. The third-order valence-corrected chi connectivity index (χ3v) is 4.17. The Bertz CT molecular complexity index is 481. The third kappa shape index (κ3) is 2.52. The van der Waals surface area contributed by atoms with Crippen molar-refractivity contribution in [3.8, 4) is 5.75 Å². The lowest BCUT2D eigenvalue weighted by atomic mass is 9.83. The highest BCUT2D eigenvalue weighted by Gasteiger charge is 2.29. The summed E-state index contributed by atoms with van der Waals surface area (Å²) in [5, 5.41) is 0. The summed E-state index contributed by atoms with van der Waals surface area (Å²) in [5.74, 6) is 1.64. The molecule has 19 heavy (non-hydrogen) atoms. The second kappa shape index (κ2) is 5.33. The molecule has 1 aromatic carbocycles. The van der Waals surface area contributed by atoms with Crippen LogP contribution < -0.4 is 4.74 Å². The van der Waals surface area contributed by atoms with Gasteiger partial charge in [0.05, 0.1) is 6.61 Å². The zero-order valence-corrected chi connectivity index (χ0v) is 11.4. The highest BCUT2D eigenvalue weighted by Crippen LogP contribution is 2.29. The quantitative estimate of drug-likeness (QED) is 0.767. The Hall–Kier alpha value is -1.35. The van der Waals surface area contributed by atoms with Gasteiger partial charge in [0.2, 0.25) is 0 Å². The molecule has 1 saturated heterocycles. The minimum absolute atomic E-state index is 0.108. The summed E-state index contributed by atoms with van der Waals surface area (Å²) in [5.41, 5.74) is 2.01. The number of ether oxygens (including phenoxy) is 2. The number of benzene rings is 1. The van der Waals surface area contributed by atoms with Gasteiger partial charge in [0, 0.05) is 24.7 Å². The van der Waals surface area contributed by atoms with Gasteiger partial charge in [0.15, 0.2) is 5.78 Å². The van der Waals surface area contributed by atoms with Gasteiger partial charge in [-0.1, -0.05) is 6.92 Å². The van der Waals surface area contributed by atoms with Crippen molar-refractivity contribution in [2.75, 3.05) is 19.8 Å². The van der Waals surface area contributed by atoms with Crippen LogP contribution in [0.4, 0.5) is 0 Å². The SMILES string of the molecule is CC1COCCC1C(=O)c1ccc2c(c1)CCCO2. The Morgan fingerprint density at radius 2 is 2.21 bits per heavy atom. The zero-order chi connectivity index (χ0) is 13.2. The predicted molar refractivity (Wildman–Crippen MR) is 72.7 cm³/mol. The van der Waals surface area contributed by atoms with Crippen LogP contribution in [0.1, 0.15) is 35.7 Å². The maximum atomic E-state index is 12.6. The van der Waals surface area contributed by atoms with Crippen molar-refractivity contribution in [1.29, 1.82) is 0 Å². The maximum Gasteiger partial charge on any atom is 0.166 e. The number of aryl methyl sites for hydroxylation is 1. The van der Waals surface area contributed by atoms with Crippen molar-refractivity contribution >= 4 is 5.78 Å². The lowest BCUT2D eigenvalue weighted by molar-refractivity contribution is 0.0241. The molecular formula is C16H20O3. The standard InChI is InChI=1S/C16H20O3/c1-11-10-18-8-6-14(11)16(17)13-4-5-15-12(9-13)3-2-7-19-15/h4-5,9,11,14H,2-3,6-8,10H2,1H3. The first-order chi connectivity index (χ1) is 9.25. The topological polar surface area (TPSA) is 35.5 Å². The second-order valence-corrected chi connectivity index (χ2v) is 5.59. The summed E-state index contributed by atoms with van der Waals surface area (Å²) in [6.07, 6.45) is 2.89. The summed E-state index contributed by atoms with van der Waals surface area (Å²) in [4.78, 5) is 12.6. The van der Waals surface area contributed by atoms with Crippen LogP contribution in [-0.4, -0.2) is 25.6 Å². The smallest absolute Gasteiger partial charge is 0.166 e. The van der Waals surface area contributed by atoms with Gasteiger partial charge in [0.1, 0.15) is 5.75 Å². The van der Waals surface area contributed by atoms with Gasteiger partial charge in [0.25, 0.3) is 0 Å². The molecule has 0 aliphatic carbocycles. The molecule has 0 N–H and O–H groups in total. The predicted octanol–water partition coefficient (Wildman–Crippen LogP) is 2.87. The first-order valence-corrected chi connectivity index (χ1v) is 7.13. The van der Waals surface area contributed by atoms with E-state index in [-0.39, 0.29) is 11.7 Å². The molecule has 2 unspecified atom stereocenters. The van der Waals surface area contributed by atoms with E-state index in [1.807, 2.05) is 18.2 Å². The molecule has 0 spiro atoms. The van der Waals surface area contributed by atoms with Crippen molar-refractivity contribution < 1.29 is 14.3 Å². The van der Waals surface area contributed by atoms with E-state index in [0.717, 1.165) is 37.2 Å². The Balaban J connectivity index is 1.83. The van der Waals surface area contributed by atoms with E-state index < -0.39 is 0 Å². The fraction of sp³-hybridized carbons (Fsp3) is 0.562. The van der Waals surface area contributed by atoms with Crippen molar-refractivity contribution in [3.05, 3.63) is 29.3 Å². The number of fused-ring (bicyclic) bond motifs is 1. The zero-order valence-electron chi connectivity index (χ0n) is 11.4. The van der Waals surface area contributed by atoms with Crippen LogP contribution in [0.25, 0.3) is 0 Å². The lowest BCUT2D eigenvalue weighted by Gasteiger charge is -2.28. The molecule has 2 aliphatic heterocycles. The van der Waals surface area contributed by atoms with E-state index in [4.69, 9.17) is 9.47 Å². The van der Waals surface area contributed by atoms with Crippen molar-refractivity contribution in [2.24, 2.45) is 11.8 Å². The van der Waals surface area contributed by atoms with E-state index in [0.29, 0.717) is 19.1 Å². The van der Waals surface area contributed by atoms with Crippen LogP contribution in [0.2, 0.25) is 0 Å². The molecule has 3 nitrogen and oxygen atoms in total. The molecule has 2 aliphatic rings. The monoisotopic (exact) mass is 260 g/mol. The molecule has 0 aromatic heterocycles. The number of hydrogen-bond donors (Lipinski definition) is 0. The van der Waals surface area contributed by atoms with Crippen LogP contribution in [0.3, 0.4) is 0 Å². The molecule has 102 valence electrons. The summed E-state index contributed by atoms with van der Waals surface area (Å²) in [6, 6.07) is 5.89. The molecule has 1 fully saturated rings. The molecule has 0 radical (unpaired) electrons. The van der Waals surface area contributed by atoms with Gasteiger partial charge in [-0.3, -0.25) is 4.79 Å². The number of carbonyl (C=O) groups is 1. The van der Waals surface area contributed by atoms with Crippen LogP contribution in [-0.2, 0) is 11.2 Å². The van der Waals surface area contributed by atoms with E-state index in [1.54, 1.807) is 0 Å². The Morgan fingerprint density at radius 1 is 1.32 bits per heavy atom. The molecule has 2 atom stereocenters. The van der Waals surface area contributed by atoms with Gasteiger partial charge in [-0.15, -0.1) is 0 Å². The molecule has 0 bridgehead atoms. The summed E-state index contributed by atoms with van der Waals surface area (Å²) in [7, 11) is 0. The number of carbonyl (C=O) groups excluding carboxylic acids is 1.